The fraction of sp³-hybridized carbons (Fsp3) is 0.562. The maximum Gasteiger partial charge on any atom is 0.234 e. The van der Waals surface area contributed by atoms with Crippen molar-refractivity contribution < 1.29 is 14.6 Å². The summed E-state index contributed by atoms with van der Waals surface area (Å²) in [6.07, 6.45) is 0.844. The average Bonchev–Trinajstić information content (AvgIpc) is 2.53. The average molecular weight is 307 g/mol. The highest BCUT2D eigenvalue weighted by Gasteiger charge is 2.18. The van der Waals surface area contributed by atoms with E-state index in [2.05, 4.69) is 15.1 Å². The summed E-state index contributed by atoms with van der Waals surface area (Å²) in [4.78, 5) is 16.3. The van der Waals surface area contributed by atoms with Crippen LogP contribution in [0.1, 0.15) is 6.42 Å². The van der Waals surface area contributed by atoms with Crippen LogP contribution in [-0.2, 0) is 9.53 Å². The molecule has 1 aromatic carbocycles. The topological polar surface area (TPSA) is 65.0 Å². The number of anilines is 1. The van der Waals surface area contributed by atoms with E-state index in [1.807, 2.05) is 12.1 Å². The summed E-state index contributed by atoms with van der Waals surface area (Å²) < 4.78 is 4.95. The molecule has 1 fully saturated rings. The summed E-state index contributed by atoms with van der Waals surface area (Å²) in [6.45, 7) is 5.31. The number of benzene rings is 1. The van der Waals surface area contributed by atoms with Crippen molar-refractivity contribution in [3.8, 4) is 5.75 Å². The minimum Gasteiger partial charge on any atom is -0.508 e. The van der Waals surface area contributed by atoms with Gasteiger partial charge in [-0.25, -0.2) is 0 Å². The molecule has 6 heteroatoms. The lowest BCUT2D eigenvalue weighted by atomic mass is 10.2. The normalized spacial score (nSPS) is 15.8. The fourth-order valence-corrected chi connectivity index (χ4v) is 2.53. The minimum atomic E-state index is 0.0780. The third kappa shape index (κ3) is 5.20. The molecule has 0 aromatic heterocycles. The third-order valence-corrected chi connectivity index (χ3v) is 3.80. The summed E-state index contributed by atoms with van der Waals surface area (Å²) in [7, 11) is 1.66. The SMILES string of the molecule is COCCCNC(=O)CN1CCN(c2ccc(O)cc2)CC1. The van der Waals surface area contributed by atoms with Crippen molar-refractivity contribution in [1.82, 2.24) is 10.2 Å². The van der Waals surface area contributed by atoms with Gasteiger partial charge in [-0.15, -0.1) is 0 Å². The van der Waals surface area contributed by atoms with Crippen molar-refractivity contribution in [3.63, 3.8) is 0 Å². The van der Waals surface area contributed by atoms with Gasteiger partial charge in [0.15, 0.2) is 0 Å². The van der Waals surface area contributed by atoms with Gasteiger partial charge in [-0.2, -0.15) is 0 Å². The van der Waals surface area contributed by atoms with Gasteiger partial charge in [0.1, 0.15) is 5.75 Å². The zero-order valence-corrected chi connectivity index (χ0v) is 13.1. The number of rotatable bonds is 7. The van der Waals surface area contributed by atoms with Crippen LogP contribution in [0.4, 0.5) is 5.69 Å². The van der Waals surface area contributed by atoms with E-state index in [9.17, 15) is 9.90 Å². The van der Waals surface area contributed by atoms with Crippen LogP contribution in [0.5, 0.6) is 5.75 Å². The molecule has 2 N–H and O–H groups in total. The summed E-state index contributed by atoms with van der Waals surface area (Å²) in [5.41, 5.74) is 1.11. The van der Waals surface area contributed by atoms with Crippen molar-refractivity contribution in [2.24, 2.45) is 0 Å². The number of carbonyl (C=O) groups is 1. The maximum absolute atomic E-state index is 11.8. The number of nitrogens with zero attached hydrogens (tertiary/aromatic N) is 2. The first-order chi connectivity index (χ1) is 10.7. The van der Waals surface area contributed by atoms with Crippen molar-refractivity contribution >= 4 is 11.6 Å². The molecule has 1 amide bonds. The van der Waals surface area contributed by atoms with E-state index >= 15 is 0 Å². The molecule has 0 saturated carbocycles. The molecule has 0 spiro atoms. The number of methoxy groups -OCH3 is 1. The largest absolute Gasteiger partial charge is 0.508 e. The molecule has 0 atom stereocenters. The van der Waals surface area contributed by atoms with Gasteiger partial charge in [-0.1, -0.05) is 0 Å². The lowest BCUT2D eigenvalue weighted by Crippen LogP contribution is -2.49. The quantitative estimate of drug-likeness (QED) is 0.725. The molecule has 1 heterocycles. The first-order valence-electron chi connectivity index (χ1n) is 7.71. The number of ether oxygens (including phenoxy) is 1. The molecule has 0 radical (unpaired) electrons. The van der Waals surface area contributed by atoms with E-state index in [0.29, 0.717) is 19.7 Å². The molecule has 122 valence electrons. The monoisotopic (exact) mass is 307 g/mol. The fourth-order valence-electron chi connectivity index (χ4n) is 2.53. The van der Waals surface area contributed by atoms with Crippen LogP contribution >= 0.6 is 0 Å². The summed E-state index contributed by atoms with van der Waals surface area (Å²) in [6, 6.07) is 7.26. The van der Waals surface area contributed by atoms with Gasteiger partial charge in [0.05, 0.1) is 6.54 Å². The first-order valence-corrected chi connectivity index (χ1v) is 7.71. The van der Waals surface area contributed by atoms with Crippen LogP contribution in [0, 0.1) is 0 Å². The summed E-state index contributed by atoms with van der Waals surface area (Å²) in [5.74, 6) is 0.363. The number of phenols is 1. The lowest BCUT2D eigenvalue weighted by Gasteiger charge is -2.35. The highest BCUT2D eigenvalue weighted by molar-refractivity contribution is 5.78. The van der Waals surface area contributed by atoms with E-state index in [4.69, 9.17) is 4.74 Å². The van der Waals surface area contributed by atoms with Gasteiger partial charge < -0.3 is 20.1 Å². The first kappa shape index (κ1) is 16.6. The molecule has 1 aromatic rings. The number of amides is 1. The highest BCUT2D eigenvalue weighted by atomic mass is 16.5. The molecule has 22 heavy (non-hydrogen) atoms. The number of aromatic hydroxyl groups is 1. The van der Waals surface area contributed by atoms with Crippen LogP contribution in [0.25, 0.3) is 0 Å². The van der Waals surface area contributed by atoms with Crippen molar-refractivity contribution in [3.05, 3.63) is 24.3 Å². The van der Waals surface area contributed by atoms with Crippen LogP contribution < -0.4 is 10.2 Å². The van der Waals surface area contributed by atoms with E-state index in [1.165, 1.54) is 0 Å². The van der Waals surface area contributed by atoms with Crippen LogP contribution in [0.2, 0.25) is 0 Å². The number of hydrogen-bond donors (Lipinski definition) is 2. The Balaban J connectivity index is 1.68. The van der Waals surface area contributed by atoms with Gasteiger partial charge >= 0.3 is 0 Å². The summed E-state index contributed by atoms with van der Waals surface area (Å²) in [5, 5.41) is 12.2. The van der Waals surface area contributed by atoms with Crippen molar-refractivity contribution in [2.75, 3.05) is 57.9 Å². The second-order valence-corrected chi connectivity index (χ2v) is 5.48. The number of carbonyl (C=O) groups excluding carboxylic acids is 1. The number of hydrogen-bond acceptors (Lipinski definition) is 5. The van der Waals surface area contributed by atoms with E-state index in [1.54, 1.807) is 19.2 Å². The van der Waals surface area contributed by atoms with Crippen molar-refractivity contribution in [2.45, 2.75) is 6.42 Å². The Labute approximate surface area is 131 Å². The second-order valence-electron chi connectivity index (χ2n) is 5.48. The maximum atomic E-state index is 11.8. The molecule has 0 aliphatic carbocycles. The smallest absolute Gasteiger partial charge is 0.234 e. The number of phenolic OH excluding ortho intramolecular Hbond substituents is 1. The Bertz CT molecular complexity index is 456. The Morgan fingerprint density at radius 1 is 1.23 bits per heavy atom. The molecule has 1 aliphatic heterocycles. The van der Waals surface area contributed by atoms with Crippen molar-refractivity contribution in [1.29, 1.82) is 0 Å². The Morgan fingerprint density at radius 2 is 1.91 bits per heavy atom. The number of piperazine rings is 1. The van der Waals surface area contributed by atoms with Gasteiger partial charge in [0.25, 0.3) is 0 Å². The molecule has 1 aliphatic rings. The predicted octanol–water partition coefficient (Wildman–Crippen LogP) is 0.667. The molecule has 0 bridgehead atoms. The molecule has 0 unspecified atom stereocenters. The van der Waals surface area contributed by atoms with Crippen LogP contribution in [-0.4, -0.2) is 68.9 Å². The molecular formula is C16H25N3O3. The Morgan fingerprint density at radius 3 is 2.55 bits per heavy atom. The van der Waals surface area contributed by atoms with E-state index in [-0.39, 0.29) is 11.7 Å². The molecule has 2 rings (SSSR count). The lowest BCUT2D eigenvalue weighted by molar-refractivity contribution is -0.122. The van der Waals surface area contributed by atoms with E-state index < -0.39 is 0 Å². The van der Waals surface area contributed by atoms with Gasteiger partial charge in [0.2, 0.25) is 5.91 Å². The zero-order valence-electron chi connectivity index (χ0n) is 13.1. The van der Waals surface area contributed by atoms with Gasteiger partial charge in [-0.3, -0.25) is 9.69 Å². The minimum absolute atomic E-state index is 0.0780. The van der Waals surface area contributed by atoms with Gasteiger partial charge in [-0.05, 0) is 30.7 Å². The Kier molecular flexibility index (Phi) is 6.48. The zero-order chi connectivity index (χ0) is 15.8. The standard InChI is InChI=1S/C16H25N3O3/c1-22-12-2-7-17-16(21)13-18-8-10-19(11-9-18)14-3-5-15(20)6-4-14/h3-6,20H,2,7-13H2,1H3,(H,17,21). The molecule has 1 saturated heterocycles. The van der Waals surface area contributed by atoms with Crippen LogP contribution in [0.15, 0.2) is 24.3 Å². The second kappa shape index (κ2) is 8.60. The van der Waals surface area contributed by atoms with Gasteiger partial charge in [0, 0.05) is 52.1 Å². The third-order valence-electron chi connectivity index (χ3n) is 3.80. The highest BCUT2D eigenvalue weighted by Crippen LogP contribution is 2.19. The predicted molar refractivity (Wildman–Crippen MR) is 86.3 cm³/mol. The Hall–Kier alpha value is -1.79. The summed E-state index contributed by atoms with van der Waals surface area (Å²) >= 11 is 0. The van der Waals surface area contributed by atoms with Crippen LogP contribution in [0.3, 0.4) is 0 Å². The number of nitrogens with one attached hydrogen (secondary N) is 1. The molecular weight excluding hydrogens is 282 g/mol. The molecule has 6 nitrogen and oxygen atoms in total. The van der Waals surface area contributed by atoms with E-state index in [0.717, 1.165) is 38.3 Å².